The summed E-state index contributed by atoms with van der Waals surface area (Å²) in [6.45, 7) is 3.23. The van der Waals surface area contributed by atoms with Crippen molar-refractivity contribution >= 4 is 28.7 Å². The first-order valence-corrected chi connectivity index (χ1v) is 11.8. The van der Waals surface area contributed by atoms with Crippen molar-refractivity contribution in [2.75, 3.05) is 6.54 Å². The number of carboxylic acid groups (broad SMARTS) is 1. The van der Waals surface area contributed by atoms with Gasteiger partial charge in [-0.1, -0.05) is 31.0 Å². The molecule has 1 saturated carbocycles. The number of para-hydroxylation sites is 1. The third-order valence-electron chi connectivity index (χ3n) is 7.06. The molecule has 1 aromatic heterocycles. The van der Waals surface area contributed by atoms with Crippen molar-refractivity contribution in [3.63, 3.8) is 0 Å². The van der Waals surface area contributed by atoms with Gasteiger partial charge in [-0.15, -0.1) is 0 Å². The van der Waals surface area contributed by atoms with Crippen LogP contribution in [0.25, 0.3) is 10.9 Å². The number of aliphatic carboxylic acids is 1. The van der Waals surface area contributed by atoms with E-state index in [1.165, 1.54) is 0 Å². The molecule has 7 nitrogen and oxygen atoms in total. The highest BCUT2D eigenvalue weighted by molar-refractivity contribution is 5.93. The number of fused-ring (bicyclic) bond motifs is 5. The minimum atomic E-state index is -0.999. The minimum absolute atomic E-state index is 0.0540. The van der Waals surface area contributed by atoms with E-state index in [9.17, 15) is 19.5 Å². The molecule has 2 bridgehead atoms. The molecule has 0 saturated heterocycles. The summed E-state index contributed by atoms with van der Waals surface area (Å²) in [6, 6.07) is 7.42. The molecular formula is C25H33N3O4. The maximum absolute atomic E-state index is 13.3. The van der Waals surface area contributed by atoms with Gasteiger partial charge in [0.1, 0.15) is 6.04 Å². The van der Waals surface area contributed by atoms with Gasteiger partial charge < -0.3 is 20.3 Å². The number of rotatable bonds is 5. The molecule has 32 heavy (non-hydrogen) atoms. The number of nitrogens with one attached hydrogen (secondary N) is 2. The van der Waals surface area contributed by atoms with Crippen molar-refractivity contribution in [1.82, 2.24) is 15.2 Å². The minimum Gasteiger partial charge on any atom is -0.481 e. The second-order valence-corrected chi connectivity index (χ2v) is 9.56. The Labute approximate surface area is 188 Å². The SMILES string of the molecule is C[C@](CC(=O)O)(C(=O)N[C@H]1Cc2cn(c3ccccc23)CCCCCCNC1=O)C1CC1. The Morgan fingerprint density at radius 3 is 2.69 bits per heavy atom. The normalized spacial score (nSPS) is 22.0. The molecule has 0 radical (unpaired) electrons. The summed E-state index contributed by atoms with van der Waals surface area (Å²) in [5.74, 6) is -1.48. The molecule has 1 aliphatic carbocycles. The van der Waals surface area contributed by atoms with E-state index in [0.717, 1.165) is 61.5 Å². The van der Waals surface area contributed by atoms with Crippen LogP contribution in [0.5, 0.6) is 0 Å². The van der Waals surface area contributed by atoms with Crippen LogP contribution in [0.1, 0.15) is 57.4 Å². The highest BCUT2D eigenvalue weighted by Crippen LogP contribution is 2.48. The number of hydrogen-bond donors (Lipinski definition) is 3. The van der Waals surface area contributed by atoms with E-state index in [-0.39, 0.29) is 24.2 Å². The van der Waals surface area contributed by atoms with Crippen LogP contribution in [0.2, 0.25) is 0 Å². The summed E-state index contributed by atoms with van der Waals surface area (Å²) in [5, 5.41) is 16.4. The Morgan fingerprint density at radius 2 is 1.94 bits per heavy atom. The molecule has 2 aliphatic rings. The number of benzene rings is 1. The summed E-state index contributed by atoms with van der Waals surface area (Å²) in [5.41, 5.74) is 1.16. The topological polar surface area (TPSA) is 100 Å². The van der Waals surface area contributed by atoms with Crippen LogP contribution in [-0.2, 0) is 27.3 Å². The van der Waals surface area contributed by atoms with E-state index in [4.69, 9.17) is 0 Å². The fourth-order valence-corrected chi connectivity index (χ4v) is 4.96. The largest absolute Gasteiger partial charge is 0.481 e. The van der Waals surface area contributed by atoms with Crippen molar-refractivity contribution in [3.8, 4) is 0 Å². The second kappa shape index (κ2) is 9.35. The van der Waals surface area contributed by atoms with Gasteiger partial charge in [0.15, 0.2) is 0 Å². The van der Waals surface area contributed by atoms with Gasteiger partial charge in [-0.3, -0.25) is 14.4 Å². The number of aromatic nitrogens is 1. The van der Waals surface area contributed by atoms with Crippen LogP contribution < -0.4 is 10.6 Å². The number of amides is 2. The third-order valence-corrected chi connectivity index (χ3v) is 7.06. The molecule has 2 atom stereocenters. The Morgan fingerprint density at radius 1 is 1.19 bits per heavy atom. The molecule has 2 amide bonds. The summed E-state index contributed by atoms with van der Waals surface area (Å²) >= 11 is 0. The van der Waals surface area contributed by atoms with Crippen LogP contribution in [0.4, 0.5) is 0 Å². The van der Waals surface area contributed by atoms with Gasteiger partial charge in [-0.25, -0.2) is 0 Å². The zero-order chi connectivity index (χ0) is 22.7. The van der Waals surface area contributed by atoms with E-state index < -0.39 is 17.4 Å². The first-order valence-electron chi connectivity index (χ1n) is 11.8. The summed E-state index contributed by atoms with van der Waals surface area (Å²) in [7, 11) is 0. The first-order chi connectivity index (χ1) is 15.4. The number of nitrogens with zero attached hydrogens (tertiary/aromatic N) is 1. The van der Waals surface area contributed by atoms with Gasteiger partial charge in [0.25, 0.3) is 0 Å². The van der Waals surface area contributed by atoms with Gasteiger partial charge in [0.2, 0.25) is 11.8 Å². The fraction of sp³-hybridized carbons (Fsp3) is 0.560. The zero-order valence-corrected chi connectivity index (χ0v) is 18.7. The maximum Gasteiger partial charge on any atom is 0.304 e. The van der Waals surface area contributed by atoms with E-state index in [2.05, 4.69) is 33.5 Å². The highest BCUT2D eigenvalue weighted by atomic mass is 16.4. The highest BCUT2D eigenvalue weighted by Gasteiger charge is 2.49. The van der Waals surface area contributed by atoms with Gasteiger partial charge in [0.05, 0.1) is 11.8 Å². The number of carboxylic acids is 1. The number of carbonyl (C=O) groups is 3. The molecule has 4 rings (SSSR count). The van der Waals surface area contributed by atoms with Crippen molar-refractivity contribution < 1.29 is 19.5 Å². The average Bonchev–Trinajstić information content (AvgIpc) is 3.56. The molecule has 1 aliphatic heterocycles. The molecule has 172 valence electrons. The summed E-state index contributed by atoms with van der Waals surface area (Å²) < 4.78 is 2.25. The molecule has 0 spiro atoms. The van der Waals surface area contributed by atoms with E-state index in [1.807, 2.05) is 12.1 Å². The Bertz CT molecular complexity index is 1010. The Hall–Kier alpha value is -2.83. The average molecular weight is 440 g/mol. The van der Waals surface area contributed by atoms with E-state index in [1.54, 1.807) is 6.92 Å². The second-order valence-electron chi connectivity index (χ2n) is 9.56. The van der Waals surface area contributed by atoms with Crippen molar-refractivity contribution in [3.05, 3.63) is 36.0 Å². The fourth-order valence-electron chi connectivity index (χ4n) is 4.96. The molecule has 1 aromatic carbocycles. The van der Waals surface area contributed by atoms with Crippen LogP contribution in [-0.4, -0.2) is 40.0 Å². The number of carbonyl (C=O) groups excluding carboxylic acids is 2. The zero-order valence-electron chi connectivity index (χ0n) is 18.7. The van der Waals surface area contributed by atoms with E-state index >= 15 is 0 Å². The predicted molar refractivity (Wildman–Crippen MR) is 122 cm³/mol. The molecule has 3 N–H and O–H groups in total. The summed E-state index contributed by atoms with van der Waals surface area (Å²) in [4.78, 5) is 37.8. The lowest BCUT2D eigenvalue weighted by Crippen LogP contribution is -2.53. The van der Waals surface area contributed by atoms with Gasteiger partial charge in [0, 0.05) is 36.6 Å². The maximum atomic E-state index is 13.3. The standard InChI is InChI=1S/C25H33N3O4/c1-25(15-22(29)30,18-10-11-18)24(32)27-20-14-17-16-28(21-9-5-4-8-19(17)21)13-7-3-2-6-12-26-23(20)31/h4-5,8-9,16,18,20H,2-3,6-7,10-15H2,1H3,(H,26,31)(H,27,32)(H,29,30)/t20-,25+/m0/s1. The first kappa shape index (κ1) is 22.4. The van der Waals surface area contributed by atoms with Crippen molar-refractivity contribution in [2.45, 2.75) is 70.9 Å². The molecule has 0 unspecified atom stereocenters. The van der Waals surface area contributed by atoms with Crippen LogP contribution in [0.3, 0.4) is 0 Å². The number of hydrogen-bond acceptors (Lipinski definition) is 3. The molecule has 7 heteroatoms. The van der Waals surface area contributed by atoms with Gasteiger partial charge in [-0.2, -0.15) is 0 Å². The monoisotopic (exact) mass is 439 g/mol. The summed E-state index contributed by atoms with van der Waals surface area (Å²) in [6.07, 6.45) is 8.09. The smallest absolute Gasteiger partial charge is 0.304 e. The lowest BCUT2D eigenvalue weighted by Gasteiger charge is -2.29. The Kier molecular flexibility index (Phi) is 6.53. The van der Waals surface area contributed by atoms with Crippen LogP contribution in [0, 0.1) is 11.3 Å². The van der Waals surface area contributed by atoms with E-state index in [0.29, 0.717) is 13.0 Å². The van der Waals surface area contributed by atoms with Gasteiger partial charge >= 0.3 is 5.97 Å². The lowest BCUT2D eigenvalue weighted by molar-refractivity contribution is -0.146. The van der Waals surface area contributed by atoms with Crippen LogP contribution in [0.15, 0.2) is 30.5 Å². The molecule has 1 fully saturated rings. The Balaban J connectivity index is 1.63. The molecular weight excluding hydrogens is 406 g/mol. The lowest BCUT2D eigenvalue weighted by atomic mass is 9.80. The molecule has 2 heterocycles. The van der Waals surface area contributed by atoms with Crippen LogP contribution >= 0.6 is 0 Å². The third kappa shape index (κ3) is 4.81. The number of aryl methyl sites for hydroxylation is 1. The molecule has 2 aromatic rings. The van der Waals surface area contributed by atoms with Gasteiger partial charge in [-0.05, 0) is 50.2 Å². The quantitative estimate of drug-likeness (QED) is 0.666. The van der Waals surface area contributed by atoms with Crippen molar-refractivity contribution in [1.29, 1.82) is 0 Å². The van der Waals surface area contributed by atoms with Crippen molar-refractivity contribution in [2.24, 2.45) is 11.3 Å². The predicted octanol–water partition coefficient (Wildman–Crippen LogP) is 3.25.